The minimum absolute atomic E-state index is 0.428. The predicted octanol–water partition coefficient (Wildman–Crippen LogP) is 3.25. The standard InChI is InChI=1S/C20H25F2N3O2/c1-23-20(24-11-10-15-6-8-17(26-2)9-7-15)25-13-16-4-3-5-18(12-16)27-14-19(21)22/h3-9,12,19H,10-11,13-14H2,1-2H3,(H2,23,24,25). The molecule has 0 amide bonds. The fourth-order valence-corrected chi connectivity index (χ4v) is 2.43. The number of nitrogens with one attached hydrogen (secondary N) is 2. The van der Waals surface area contributed by atoms with Crippen LogP contribution in [0.3, 0.4) is 0 Å². The van der Waals surface area contributed by atoms with Crippen molar-refractivity contribution < 1.29 is 18.3 Å². The second-order valence-electron chi connectivity index (χ2n) is 5.80. The van der Waals surface area contributed by atoms with E-state index in [0.29, 0.717) is 18.3 Å². The summed E-state index contributed by atoms with van der Waals surface area (Å²) in [6.45, 7) is 0.628. The number of aliphatic imine (C=N–C) groups is 1. The van der Waals surface area contributed by atoms with Crippen LogP contribution >= 0.6 is 0 Å². The van der Waals surface area contributed by atoms with Gasteiger partial charge >= 0.3 is 0 Å². The Bertz CT molecular complexity index is 721. The van der Waals surface area contributed by atoms with Crippen molar-refractivity contribution in [2.24, 2.45) is 4.99 Å². The third-order valence-electron chi connectivity index (χ3n) is 3.82. The third-order valence-corrected chi connectivity index (χ3v) is 3.82. The molecule has 0 radical (unpaired) electrons. The van der Waals surface area contributed by atoms with E-state index in [0.717, 1.165) is 24.3 Å². The van der Waals surface area contributed by atoms with E-state index in [1.807, 2.05) is 30.3 Å². The molecule has 2 rings (SSSR count). The van der Waals surface area contributed by atoms with E-state index >= 15 is 0 Å². The van der Waals surface area contributed by atoms with Gasteiger partial charge in [0, 0.05) is 20.1 Å². The number of ether oxygens (including phenoxy) is 2. The van der Waals surface area contributed by atoms with Gasteiger partial charge in [-0.1, -0.05) is 24.3 Å². The third kappa shape index (κ3) is 7.52. The maximum absolute atomic E-state index is 12.2. The van der Waals surface area contributed by atoms with Crippen molar-refractivity contribution in [1.29, 1.82) is 0 Å². The van der Waals surface area contributed by atoms with E-state index in [4.69, 9.17) is 9.47 Å². The van der Waals surface area contributed by atoms with Crippen LogP contribution in [-0.4, -0.2) is 39.7 Å². The lowest BCUT2D eigenvalue weighted by atomic mass is 10.1. The number of nitrogens with zero attached hydrogens (tertiary/aromatic N) is 1. The van der Waals surface area contributed by atoms with Crippen LogP contribution in [-0.2, 0) is 13.0 Å². The molecule has 0 bridgehead atoms. The number of guanidine groups is 1. The van der Waals surface area contributed by atoms with E-state index < -0.39 is 13.0 Å². The molecule has 0 aliphatic heterocycles. The summed E-state index contributed by atoms with van der Waals surface area (Å²) in [6.07, 6.45) is -1.64. The van der Waals surface area contributed by atoms with E-state index in [1.165, 1.54) is 5.56 Å². The highest BCUT2D eigenvalue weighted by Gasteiger charge is 2.05. The monoisotopic (exact) mass is 377 g/mol. The Morgan fingerprint density at radius 2 is 1.81 bits per heavy atom. The summed E-state index contributed by atoms with van der Waals surface area (Å²) >= 11 is 0. The van der Waals surface area contributed by atoms with Crippen LogP contribution in [0.5, 0.6) is 11.5 Å². The van der Waals surface area contributed by atoms with Crippen molar-refractivity contribution in [2.45, 2.75) is 19.4 Å². The van der Waals surface area contributed by atoms with E-state index in [2.05, 4.69) is 15.6 Å². The number of methoxy groups -OCH3 is 1. The first-order valence-corrected chi connectivity index (χ1v) is 8.68. The molecule has 0 saturated heterocycles. The van der Waals surface area contributed by atoms with Gasteiger partial charge in [0.1, 0.15) is 18.1 Å². The van der Waals surface area contributed by atoms with Crippen molar-refractivity contribution in [2.75, 3.05) is 27.3 Å². The van der Waals surface area contributed by atoms with Crippen LogP contribution in [0, 0.1) is 0 Å². The average Bonchev–Trinajstić information content (AvgIpc) is 2.69. The van der Waals surface area contributed by atoms with Gasteiger partial charge in [-0.2, -0.15) is 0 Å². The maximum Gasteiger partial charge on any atom is 0.272 e. The molecule has 2 N–H and O–H groups in total. The first-order valence-electron chi connectivity index (χ1n) is 8.68. The van der Waals surface area contributed by atoms with Gasteiger partial charge in [0.15, 0.2) is 5.96 Å². The van der Waals surface area contributed by atoms with Crippen molar-refractivity contribution >= 4 is 5.96 Å². The normalized spacial score (nSPS) is 11.4. The predicted molar refractivity (Wildman–Crippen MR) is 103 cm³/mol. The van der Waals surface area contributed by atoms with Crippen molar-refractivity contribution in [1.82, 2.24) is 10.6 Å². The summed E-state index contributed by atoms with van der Waals surface area (Å²) in [7, 11) is 3.34. The second kappa shape index (κ2) is 11.0. The molecule has 0 fully saturated rings. The van der Waals surface area contributed by atoms with Gasteiger partial charge in [-0.3, -0.25) is 4.99 Å². The Balaban J connectivity index is 1.77. The second-order valence-corrected chi connectivity index (χ2v) is 5.80. The van der Waals surface area contributed by atoms with Crippen LogP contribution in [0.25, 0.3) is 0 Å². The van der Waals surface area contributed by atoms with Crippen molar-refractivity contribution in [3.05, 3.63) is 59.7 Å². The van der Waals surface area contributed by atoms with E-state index in [9.17, 15) is 8.78 Å². The molecular weight excluding hydrogens is 352 g/mol. The summed E-state index contributed by atoms with van der Waals surface area (Å²) in [4.78, 5) is 4.19. The van der Waals surface area contributed by atoms with Gasteiger partial charge in [-0.05, 0) is 41.8 Å². The summed E-state index contributed by atoms with van der Waals surface area (Å²) < 4.78 is 34.7. The fourth-order valence-electron chi connectivity index (χ4n) is 2.43. The molecule has 0 atom stereocenters. The molecule has 2 aromatic carbocycles. The van der Waals surface area contributed by atoms with Gasteiger partial charge in [-0.15, -0.1) is 0 Å². The summed E-state index contributed by atoms with van der Waals surface area (Å²) in [5.74, 6) is 1.93. The lowest BCUT2D eigenvalue weighted by Crippen LogP contribution is -2.37. The molecule has 0 saturated carbocycles. The number of halogens is 2. The Labute approximate surface area is 158 Å². The molecule has 0 aliphatic rings. The first kappa shape index (κ1) is 20.5. The van der Waals surface area contributed by atoms with Crippen molar-refractivity contribution in [3.63, 3.8) is 0 Å². The largest absolute Gasteiger partial charge is 0.497 e. The Hall–Kier alpha value is -2.83. The van der Waals surface area contributed by atoms with E-state index in [1.54, 1.807) is 32.4 Å². The Morgan fingerprint density at radius 3 is 2.48 bits per heavy atom. The lowest BCUT2D eigenvalue weighted by Gasteiger charge is -2.13. The lowest BCUT2D eigenvalue weighted by molar-refractivity contribution is 0.0818. The molecule has 0 spiro atoms. The maximum atomic E-state index is 12.2. The number of hydrogen-bond acceptors (Lipinski definition) is 3. The molecule has 5 nitrogen and oxygen atoms in total. The van der Waals surface area contributed by atoms with Gasteiger partial charge in [-0.25, -0.2) is 8.78 Å². The van der Waals surface area contributed by atoms with Gasteiger partial charge < -0.3 is 20.1 Å². The zero-order valence-electron chi connectivity index (χ0n) is 15.5. The van der Waals surface area contributed by atoms with Crippen LogP contribution in [0.2, 0.25) is 0 Å². The topological polar surface area (TPSA) is 54.9 Å². The number of benzene rings is 2. The molecule has 0 aromatic heterocycles. The molecule has 0 unspecified atom stereocenters. The zero-order valence-corrected chi connectivity index (χ0v) is 15.5. The van der Waals surface area contributed by atoms with Crippen molar-refractivity contribution in [3.8, 4) is 11.5 Å². The molecule has 146 valence electrons. The zero-order chi connectivity index (χ0) is 19.5. The molecule has 27 heavy (non-hydrogen) atoms. The van der Waals surface area contributed by atoms with Crippen LogP contribution in [0.1, 0.15) is 11.1 Å². The number of rotatable bonds is 9. The number of alkyl halides is 2. The van der Waals surface area contributed by atoms with Gasteiger partial charge in [0.25, 0.3) is 6.43 Å². The quantitative estimate of drug-likeness (QED) is 0.520. The van der Waals surface area contributed by atoms with Gasteiger partial charge in [0.2, 0.25) is 0 Å². The molecular formula is C20H25F2N3O2. The van der Waals surface area contributed by atoms with Crippen LogP contribution in [0.4, 0.5) is 8.78 Å². The summed E-state index contributed by atoms with van der Waals surface area (Å²) in [5.41, 5.74) is 2.11. The molecule has 0 aliphatic carbocycles. The van der Waals surface area contributed by atoms with Crippen LogP contribution < -0.4 is 20.1 Å². The van der Waals surface area contributed by atoms with E-state index in [-0.39, 0.29) is 0 Å². The summed E-state index contributed by atoms with van der Waals surface area (Å²) in [6, 6.07) is 15.0. The first-order chi connectivity index (χ1) is 13.1. The smallest absolute Gasteiger partial charge is 0.272 e. The minimum atomic E-state index is -2.49. The highest BCUT2D eigenvalue weighted by Crippen LogP contribution is 2.14. The molecule has 0 heterocycles. The Kier molecular flexibility index (Phi) is 8.35. The molecule has 2 aromatic rings. The fraction of sp³-hybridized carbons (Fsp3) is 0.350. The minimum Gasteiger partial charge on any atom is -0.497 e. The average molecular weight is 377 g/mol. The van der Waals surface area contributed by atoms with Gasteiger partial charge in [0.05, 0.1) is 7.11 Å². The molecule has 7 heteroatoms. The highest BCUT2D eigenvalue weighted by molar-refractivity contribution is 5.79. The summed E-state index contributed by atoms with van der Waals surface area (Å²) in [5, 5.41) is 6.45. The number of hydrogen-bond donors (Lipinski definition) is 2. The highest BCUT2D eigenvalue weighted by atomic mass is 19.3. The Morgan fingerprint density at radius 1 is 1.04 bits per heavy atom. The van der Waals surface area contributed by atoms with Crippen LogP contribution in [0.15, 0.2) is 53.5 Å². The SMILES string of the molecule is CN=C(NCCc1ccc(OC)cc1)NCc1cccc(OCC(F)F)c1.